The normalized spacial score (nSPS) is 14.8. The fourth-order valence-corrected chi connectivity index (χ4v) is 3.46. The zero-order valence-corrected chi connectivity index (χ0v) is 18.1. The smallest absolute Gasteiger partial charge is 0.310 e. The van der Waals surface area contributed by atoms with Crippen LogP contribution in [0.25, 0.3) is 5.57 Å². The second-order valence-electron chi connectivity index (χ2n) is 8.75. The van der Waals surface area contributed by atoms with E-state index in [2.05, 4.69) is 49.3 Å². The Morgan fingerprint density at radius 2 is 1.90 bits per heavy atom. The zero-order chi connectivity index (χ0) is 21.0. The lowest BCUT2D eigenvalue weighted by Gasteiger charge is -2.19. The number of hydrogen-bond donors (Lipinski definition) is 0. The minimum absolute atomic E-state index is 0.217. The van der Waals surface area contributed by atoms with E-state index in [1.165, 1.54) is 16.7 Å². The lowest BCUT2D eigenvalue weighted by molar-refractivity contribution is -0.153. The van der Waals surface area contributed by atoms with E-state index in [1.807, 2.05) is 39.0 Å². The molecule has 0 saturated carbocycles. The Hall–Kier alpha value is -2.59. The molecule has 4 nitrogen and oxygen atoms in total. The summed E-state index contributed by atoms with van der Waals surface area (Å²) >= 11 is 0. The summed E-state index contributed by atoms with van der Waals surface area (Å²) in [5.74, 6) is 0.635. The first-order valence-electron chi connectivity index (χ1n) is 10.1. The van der Waals surface area contributed by atoms with Crippen LogP contribution in [0.1, 0.15) is 49.4 Å². The molecule has 0 aromatic heterocycles. The number of fused-ring (bicyclic) bond motifs is 2. The highest BCUT2D eigenvalue weighted by atomic mass is 16.6. The van der Waals surface area contributed by atoms with Crippen molar-refractivity contribution in [3.63, 3.8) is 0 Å². The number of hydrogen-bond acceptors (Lipinski definition) is 4. The highest BCUT2D eigenvalue weighted by Gasteiger charge is 2.21. The van der Waals surface area contributed by atoms with Crippen LogP contribution in [0, 0.1) is 0 Å². The second kappa shape index (κ2) is 8.83. The van der Waals surface area contributed by atoms with Gasteiger partial charge in [-0.1, -0.05) is 36.4 Å². The average molecular weight is 394 g/mol. The van der Waals surface area contributed by atoms with E-state index >= 15 is 0 Å². The number of carbonyl (C=O) groups is 1. The molecule has 1 aliphatic rings. The highest BCUT2D eigenvalue weighted by molar-refractivity contribution is 5.85. The molecule has 154 valence electrons. The third-order valence-electron chi connectivity index (χ3n) is 4.72. The number of ether oxygens (including phenoxy) is 2. The van der Waals surface area contributed by atoms with E-state index in [0.717, 1.165) is 29.8 Å². The molecule has 2 aromatic rings. The first-order valence-corrected chi connectivity index (χ1v) is 10.1. The number of benzene rings is 2. The Morgan fingerprint density at radius 1 is 1.14 bits per heavy atom. The summed E-state index contributed by atoms with van der Waals surface area (Å²) in [5.41, 5.74) is 5.02. The van der Waals surface area contributed by atoms with E-state index in [9.17, 15) is 4.79 Å². The monoisotopic (exact) mass is 393 g/mol. The maximum absolute atomic E-state index is 12.3. The molecule has 1 heterocycles. The Kier molecular flexibility index (Phi) is 6.43. The fourth-order valence-electron chi connectivity index (χ4n) is 3.46. The van der Waals surface area contributed by atoms with Crippen molar-refractivity contribution in [2.75, 3.05) is 20.6 Å². The van der Waals surface area contributed by atoms with Crippen LogP contribution in [-0.2, 0) is 22.6 Å². The second-order valence-corrected chi connectivity index (χ2v) is 8.75. The van der Waals surface area contributed by atoms with Crippen molar-refractivity contribution in [2.24, 2.45) is 0 Å². The molecule has 4 heteroatoms. The summed E-state index contributed by atoms with van der Waals surface area (Å²) in [6, 6.07) is 14.4. The lowest BCUT2D eigenvalue weighted by atomic mass is 9.92. The SMILES string of the molecule is CN(C)CC/C=C1/c2ccccc2COc2ccc(CC(=O)OC(C)(C)C)cc21. The van der Waals surface area contributed by atoms with Gasteiger partial charge in [0.2, 0.25) is 0 Å². The predicted molar refractivity (Wildman–Crippen MR) is 117 cm³/mol. The molecule has 0 spiro atoms. The molecular weight excluding hydrogens is 362 g/mol. The minimum Gasteiger partial charge on any atom is -0.488 e. The van der Waals surface area contributed by atoms with Gasteiger partial charge in [0.25, 0.3) is 0 Å². The quantitative estimate of drug-likeness (QED) is 0.681. The number of carbonyl (C=O) groups excluding carboxylic acids is 1. The van der Waals surface area contributed by atoms with Gasteiger partial charge in [0.05, 0.1) is 6.42 Å². The maximum Gasteiger partial charge on any atom is 0.310 e. The number of rotatable bonds is 5. The molecule has 0 aliphatic carbocycles. The van der Waals surface area contributed by atoms with Gasteiger partial charge in [0.15, 0.2) is 0 Å². The van der Waals surface area contributed by atoms with Crippen LogP contribution in [0.15, 0.2) is 48.5 Å². The Balaban J connectivity index is 1.97. The third-order valence-corrected chi connectivity index (χ3v) is 4.72. The molecule has 0 unspecified atom stereocenters. The molecule has 0 amide bonds. The van der Waals surface area contributed by atoms with E-state index in [1.54, 1.807) is 0 Å². The van der Waals surface area contributed by atoms with Gasteiger partial charge in [-0.3, -0.25) is 4.79 Å². The molecular formula is C25H31NO3. The van der Waals surface area contributed by atoms with Crippen molar-refractivity contribution >= 4 is 11.5 Å². The van der Waals surface area contributed by atoms with Crippen molar-refractivity contribution in [1.82, 2.24) is 4.90 Å². The van der Waals surface area contributed by atoms with E-state index < -0.39 is 5.60 Å². The third kappa shape index (κ3) is 5.70. The molecule has 0 N–H and O–H groups in total. The van der Waals surface area contributed by atoms with Gasteiger partial charge in [0.1, 0.15) is 18.0 Å². The molecule has 1 aliphatic heterocycles. The average Bonchev–Trinajstić information content (AvgIpc) is 2.77. The Morgan fingerprint density at radius 3 is 2.62 bits per heavy atom. The van der Waals surface area contributed by atoms with Crippen molar-refractivity contribution in [3.8, 4) is 5.75 Å². The molecule has 3 rings (SSSR count). The molecule has 0 fully saturated rings. The molecule has 0 atom stereocenters. The lowest BCUT2D eigenvalue weighted by Crippen LogP contribution is -2.24. The van der Waals surface area contributed by atoms with Crippen molar-refractivity contribution in [2.45, 2.75) is 45.8 Å². The number of nitrogens with zero attached hydrogens (tertiary/aromatic N) is 1. The maximum atomic E-state index is 12.3. The summed E-state index contributed by atoms with van der Waals surface area (Å²) in [7, 11) is 4.16. The summed E-state index contributed by atoms with van der Waals surface area (Å²) in [4.78, 5) is 14.5. The van der Waals surface area contributed by atoms with Crippen LogP contribution in [0.4, 0.5) is 0 Å². The summed E-state index contributed by atoms with van der Waals surface area (Å²) < 4.78 is 11.6. The van der Waals surface area contributed by atoms with Gasteiger partial charge in [-0.2, -0.15) is 0 Å². The topological polar surface area (TPSA) is 38.8 Å². The van der Waals surface area contributed by atoms with Gasteiger partial charge in [-0.15, -0.1) is 0 Å². The zero-order valence-electron chi connectivity index (χ0n) is 18.1. The van der Waals surface area contributed by atoms with Crippen molar-refractivity contribution in [1.29, 1.82) is 0 Å². The van der Waals surface area contributed by atoms with Gasteiger partial charge < -0.3 is 14.4 Å². The van der Waals surface area contributed by atoms with Crippen LogP contribution in [0.5, 0.6) is 5.75 Å². The fraction of sp³-hybridized carbons (Fsp3) is 0.400. The van der Waals surface area contributed by atoms with Crippen LogP contribution < -0.4 is 4.74 Å². The van der Waals surface area contributed by atoms with Crippen LogP contribution in [0.2, 0.25) is 0 Å². The van der Waals surface area contributed by atoms with Gasteiger partial charge in [-0.05, 0) is 75.7 Å². The molecule has 29 heavy (non-hydrogen) atoms. The number of esters is 1. The first kappa shape index (κ1) is 21.1. The van der Waals surface area contributed by atoms with Crippen LogP contribution in [-0.4, -0.2) is 37.1 Å². The summed E-state index contributed by atoms with van der Waals surface area (Å²) in [6.07, 6.45) is 3.47. The van der Waals surface area contributed by atoms with Crippen LogP contribution in [0.3, 0.4) is 0 Å². The Labute approximate surface area is 174 Å². The first-order chi connectivity index (χ1) is 13.7. The molecule has 0 bridgehead atoms. The van der Waals surface area contributed by atoms with Crippen LogP contribution >= 0.6 is 0 Å². The van der Waals surface area contributed by atoms with Crippen molar-refractivity contribution in [3.05, 3.63) is 70.8 Å². The van der Waals surface area contributed by atoms with Crippen molar-refractivity contribution < 1.29 is 14.3 Å². The van der Waals surface area contributed by atoms with E-state index in [0.29, 0.717) is 6.61 Å². The van der Waals surface area contributed by atoms with Gasteiger partial charge >= 0.3 is 5.97 Å². The highest BCUT2D eigenvalue weighted by Crippen LogP contribution is 2.37. The largest absolute Gasteiger partial charge is 0.488 e. The molecule has 2 aromatic carbocycles. The van der Waals surface area contributed by atoms with E-state index in [-0.39, 0.29) is 12.4 Å². The molecule has 0 radical (unpaired) electrons. The Bertz CT molecular complexity index is 907. The summed E-state index contributed by atoms with van der Waals surface area (Å²) in [6.45, 7) is 7.17. The van der Waals surface area contributed by atoms with Gasteiger partial charge in [-0.25, -0.2) is 0 Å². The summed E-state index contributed by atoms with van der Waals surface area (Å²) in [5, 5.41) is 0. The predicted octanol–water partition coefficient (Wildman–Crippen LogP) is 4.85. The van der Waals surface area contributed by atoms with E-state index in [4.69, 9.17) is 9.47 Å². The molecule has 0 saturated heterocycles. The standard InChI is InChI=1S/C25H31NO3/c1-25(2,3)29-24(27)16-18-12-13-23-22(15-18)21(11-8-14-26(4)5)20-10-7-6-9-19(20)17-28-23/h6-7,9-13,15H,8,14,16-17H2,1-5H3/b21-11-. The minimum atomic E-state index is -0.484. The van der Waals surface area contributed by atoms with Gasteiger partial charge in [0, 0.05) is 12.1 Å².